The van der Waals surface area contributed by atoms with Crippen LogP contribution in [0.5, 0.6) is 0 Å². The monoisotopic (exact) mass is 393 g/mol. The van der Waals surface area contributed by atoms with Crippen molar-refractivity contribution in [2.45, 2.75) is 25.4 Å². The Morgan fingerprint density at radius 3 is 2.68 bits per heavy atom. The van der Waals surface area contributed by atoms with E-state index in [1.807, 2.05) is 6.07 Å². The summed E-state index contributed by atoms with van der Waals surface area (Å²) in [5.41, 5.74) is 5.19. The molecule has 0 aliphatic carbocycles. The third kappa shape index (κ3) is 4.59. The molecule has 5 nitrogen and oxygen atoms in total. The summed E-state index contributed by atoms with van der Waals surface area (Å²) < 4.78 is 7.17. The van der Waals surface area contributed by atoms with Crippen LogP contribution in [0.1, 0.15) is 18.6 Å². The zero-order valence-corrected chi connectivity index (χ0v) is 13.7. The van der Waals surface area contributed by atoms with E-state index < -0.39 is 0 Å². The molecule has 1 aliphatic heterocycles. The fraction of sp³-hybridized carbons (Fsp3) is 0.583. The molecule has 3 N–H and O–H groups in total. The second-order valence-electron chi connectivity index (χ2n) is 4.73. The van der Waals surface area contributed by atoms with Crippen molar-refractivity contribution in [3.8, 4) is 0 Å². The van der Waals surface area contributed by atoms with Crippen LogP contribution in [0.15, 0.2) is 19.6 Å². The fourth-order valence-electron chi connectivity index (χ4n) is 2.24. The normalized spacial score (nSPS) is 17.8. The second kappa shape index (κ2) is 6.88. The first-order valence-corrected chi connectivity index (χ1v) is 7.81. The van der Waals surface area contributed by atoms with Crippen molar-refractivity contribution < 1.29 is 9.21 Å². The van der Waals surface area contributed by atoms with E-state index >= 15 is 0 Å². The highest BCUT2D eigenvalue weighted by atomic mass is 79.9. The molecule has 0 aromatic carbocycles. The van der Waals surface area contributed by atoms with Crippen LogP contribution < -0.4 is 11.1 Å². The second-order valence-corrected chi connectivity index (χ2v) is 6.31. The molecule has 1 aromatic heterocycles. The summed E-state index contributed by atoms with van der Waals surface area (Å²) >= 11 is 6.72. The quantitative estimate of drug-likeness (QED) is 0.799. The Kier molecular flexibility index (Phi) is 5.44. The topological polar surface area (TPSA) is 71.5 Å². The van der Waals surface area contributed by atoms with Crippen molar-refractivity contribution in [1.29, 1.82) is 0 Å². The minimum absolute atomic E-state index is 0.253. The summed E-state index contributed by atoms with van der Waals surface area (Å²) in [5.74, 6) is 0.648. The molecule has 19 heavy (non-hydrogen) atoms. The standard InChI is InChI=1S/C12H17Br2N3O2/c13-10-5-9(19-12(10)14)6-16-8-1-3-17(4-2-8)7-11(15)18/h5,8,16H,1-4,6-7H2,(H2,15,18). The van der Waals surface area contributed by atoms with E-state index in [0.29, 0.717) is 19.1 Å². The van der Waals surface area contributed by atoms with Gasteiger partial charge in [-0.15, -0.1) is 0 Å². The SMILES string of the molecule is NC(=O)CN1CCC(NCc2cc(Br)c(Br)o2)CC1. The average Bonchev–Trinajstić information content (AvgIpc) is 2.67. The maximum absolute atomic E-state index is 10.8. The summed E-state index contributed by atoms with van der Waals surface area (Å²) in [7, 11) is 0. The van der Waals surface area contributed by atoms with Gasteiger partial charge in [0.15, 0.2) is 4.67 Å². The summed E-state index contributed by atoms with van der Waals surface area (Å²) in [4.78, 5) is 12.9. The third-order valence-corrected chi connectivity index (χ3v) is 4.94. The van der Waals surface area contributed by atoms with Crippen LogP contribution in [0.2, 0.25) is 0 Å². The highest BCUT2D eigenvalue weighted by Gasteiger charge is 2.20. The van der Waals surface area contributed by atoms with Crippen molar-refractivity contribution in [1.82, 2.24) is 10.2 Å². The Bertz CT molecular complexity index is 423. The van der Waals surface area contributed by atoms with Crippen molar-refractivity contribution in [3.63, 3.8) is 0 Å². The number of carbonyl (C=O) groups is 1. The maximum Gasteiger partial charge on any atom is 0.231 e. The molecule has 1 fully saturated rings. The third-order valence-electron chi connectivity index (χ3n) is 3.23. The number of nitrogens with zero attached hydrogens (tertiary/aromatic N) is 1. The Morgan fingerprint density at radius 1 is 1.47 bits per heavy atom. The predicted molar refractivity (Wildman–Crippen MR) is 79.6 cm³/mol. The molecule has 1 aromatic rings. The number of halogens is 2. The lowest BCUT2D eigenvalue weighted by atomic mass is 10.1. The Balaban J connectivity index is 1.72. The smallest absolute Gasteiger partial charge is 0.231 e. The average molecular weight is 395 g/mol. The largest absolute Gasteiger partial charge is 0.452 e. The van der Waals surface area contributed by atoms with E-state index in [-0.39, 0.29) is 5.91 Å². The number of piperidine rings is 1. The van der Waals surface area contributed by atoms with Gasteiger partial charge >= 0.3 is 0 Å². The fourth-order valence-corrected chi connectivity index (χ4v) is 2.90. The number of amides is 1. The van der Waals surface area contributed by atoms with Gasteiger partial charge in [-0.05, 0) is 50.8 Å². The predicted octanol–water partition coefficient (Wildman–Crippen LogP) is 1.84. The first kappa shape index (κ1) is 15.0. The number of hydrogen-bond acceptors (Lipinski definition) is 4. The lowest BCUT2D eigenvalue weighted by molar-refractivity contribution is -0.119. The number of hydrogen-bond donors (Lipinski definition) is 2. The summed E-state index contributed by atoms with van der Waals surface area (Å²) in [6.45, 7) is 2.90. The Hall–Kier alpha value is -0.370. The molecule has 0 atom stereocenters. The van der Waals surface area contributed by atoms with Crippen molar-refractivity contribution in [3.05, 3.63) is 21.0 Å². The van der Waals surface area contributed by atoms with Gasteiger partial charge in [0, 0.05) is 19.1 Å². The van der Waals surface area contributed by atoms with Crippen molar-refractivity contribution >= 4 is 37.8 Å². The highest BCUT2D eigenvalue weighted by Crippen LogP contribution is 2.26. The van der Waals surface area contributed by atoms with E-state index in [4.69, 9.17) is 10.2 Å². The number of nitrogens with two attached hydrogens (primary N) is 1. The van der Waals surface area contributed by atoms with Gasteiger partial charge in [0.25, 0.3) is 0 Å². The maximum atomic E-state index is 10.8. The van der Waals surface area contributed by atoms with Gasteiger partial charge in [0.05, 0.1) is 17.6 Å². The number of nitrogens with one attached hydrogen (secondary N) is 1. The molecule has 0 radical (unpaired) electrons. The van der Waals surface area contributed by atoms with E-state index in [1.54, 1.807) is 0 Å². The zero-order chi connectivity index (χ0) is 13.8. The lowest BCUT2D eigenvalue weighted by Gasteiger charge is -2.31. The van der Waals surface area contributed by atoms with Gasteiger partial charge in [0.2, 0.25) is 5.91 Å². The first-order chi connectivity index (χ1) is 9.04. The zero-order valence-electron chi connectivity index (χ0n) is 10.5. The molecular formula is C12H17Br2N3O2. The molecule has 2 heterocycles. The van der Waals surface area contributed by atoms with E-state index in [0.717, 1.165) is 40.8 Å². The van der Waals surface area contributed by atoms with Crippen LogP contribution >= 0.6 is 31.9 Å². The van der Waals surface area contributed by atoms with E-state index in [2.05, 4.69) is 42.1 Å². The van der Waals surface area contributed by atoms with Gasteiger partial charge in [-0.3, -0.25) is 9.69 Å². The van der Waals surface area contributed by atoms with Crippen molar-refractivity contribution in [2.24, 2.45) is 5.73 Å². The van der Waals surface area contributed by atoms with Gasteiger partial charge in [-0.1, -0.05) is 0 Å². The first-order valence-electron chi connectivity index (χ1n) is 6.22. The van der Waals surface area contributed by atoms with E-state index in [1.165, 1.54) is 0 Å². The molecular weight excluding hydrogens is 378 g/mol. The molecule has 1 amide bonds. The molecule has 106 valence electrons. The molecule has 1 saturated heterocycles. The molecule has 1 aliphatic rings. The summed E-state index contributed by atoms with van der Waals surface area (Å²) in [6.07, 6.45) is 2.05. The van der Waals surface area contributed by atoms with Gasteiger partial charge < -0.3 is 15.5 Å². The van der Waals surface area contributed by atoms with Crippen LogP contribution in [0.4, 0.5) is 0 Å². The minimum atomic E-state index is -0.253. The molecule has 0 unspecified atom stereocenters. The molecule has 0 spiro atoms. The van der Waals surface area contributed by atoms with Gasteiger partial charge in [-0.2, -0.15) is 0 Å². The van der Waals surface area contributed by atoms with Crippen LogP contribution in [-0.4, -0.2) is 36.5 Å². The summed E-state index contributed by atoms with van der Waals surface area (Å²) in [5, 5.41) is 3.47. The summed E-state index contributed by atoms with van der Waals surface area (Å²) in [6, 6.07) is 2.42. The number of furan rings is 1. The van der Waals surface area contributed by atoms with Crippen molar-refractivity contribution in [2.75, 3.05) is 19.6 Å². The molecule has 0 saturated carbocycles. The van der Waals surface area contributed by atoms with Crippen LogP contribution in [-0.2, 0) is 11.3 Å². The number of likely N-dealkylation sites (tertiary alicyclic amines) is 1. The van der Waals surface area contributed by atoms with Gasteiger partial charge in [-0.25, -0.2) is 0 Å². The molecule has 0 bridgehead atoms. The molecule has 7 heteroatoms. The number of carbonyl (C=O) groups excluding carboxylic acids is 1. The minimum Gasteiger partial charge on any atom is -0.452 e. The Morgan fingerprint density at radius 2 is 2.16 bits per heavy atom. The molecule has 2 rings (SSSR count). The van der Waals surface area contributed by atoms with Crippen LogP contribution in [0, 0.1) is 0 Å². The number of rotatable bonds is 5. The van der Waals surface area contributed by atoms with Crippen LogP contribution in [0.25, 0.3) is 0 Å². The van der Waals surface area contributed by atoms with E-state index in [9.17, 15) is 4.79 Å². The number of primary amides is 1. The lowest BCUT2D eigenvalue weighted by Crippen LogP contribution is -2.45. The Labute approximate surface area is 129 Å². The highest BCUT2D eigenvalue weighted by molar-refractivity contribution is 9.13. The van der Waals surface area contributed by atoms with Crippen LogP contribution in [0.3, 0.4) is 0 Å². The van der Waals surface area contributed by atoms with Gasteiger partial charge in [0.1, 0.15) is 5.76 Å².